The first kappa shape index (κ1) is 14.0. The van der Waals surface area contributed by atoms with Crippen LogP contribution in [0.1, 0.15) is 59.8 Å². The molecular formula is C14H29NO. The van der Waals surface area contributed by atoms with Gasteiger partial charge >= 0.3 is 0 Å². The lowest BCUT2D eigenvalue weighted by Crippen LogP contribution is -2.43. The Morgan fingerprint density at radius 2 is 2.06 bits per heavy atom. The highest BCUT2D eigenvalue weighted by atomic mass is 16.5. The Balaban J connectivity index is 2.41. The van der Waals surface area contributed by atoms with Gasteiger partial charge in [-0.25, -0.2) is 0 Å². The third-order valence-electron chi connectivity index (χ3n) is 3.46. The van der Waals surface area contributed by atoms with Gasteiger partial charge in [-0.3, -0.25) is 0 Å². The molecule has 1 aliphatic heterocycles. The molecule has 2 unspecified atom stereocenters. The summed E-state index contributed by atoms with van der Waals surface area (Å²) in [6.45, 7) is 11.3. The van der Waals surface area contributed by atoms with Crippen LogP contribution in [-0.4, -0.2) is 25.3 Å². The number of hydrogen-bond donors (Lipinski definition) is 1. The Morgan fingerprint density at radius 1 is 1.31 bits per heavy atom. The van der Waals surface area contributed by atoms with Crippen molar-refractivity contribution in [1.82, 2.24) is 5.32 Å². The Bertz CT molecular complexity index is 180. The summed E-state index contributed by atoms with van der Waals surface area (Å²) in [5.74, 6) is 0. The van der Waals surface area contributed by atoms with Gasteiger partial charge in [0.15, 0.2) is 0 Å². The monoisotopic (exact) mass is 227 g/mol. The molecule has 0 aromatic heterocycles. The lowest BCUT2D eigenvalue weighted by Gasteiger charge is -2.35. The second-order valence-electron chi connectivity index (χ2n) is 6.10. The van der Waals surface area contributed by atoms with Crippen LogP contribution >= 0.6 is 0 Å². The summed E-state index contributed by atoms with van der Waals surface area (Å²) < 4.78 is 5.84. The third-order valence-corrected chi connectivity index (χ3v) is 3.46. The molecule has 0 aromatic rings. The molecule has 96 valence electrons. The number of rotatable bonds is 5. The first-order chi connectivity index (χ1) is 7.54. The Labute approximate surface area is 101 Å². The standard InChI is InChI=1S/C14H29NO/c1-5-9-15-13(14(2,3)4)11-12-8-6-7-10-16-12/h12-13,15H,5-11H2,1-4H3. The molecule has 1 N–H and O–H groups in total. The smallest absolute Gasteiger partial charge is 0.0590 e. The Kier molecular flexibility index (Phi) is 5.77. The van der Waals surface area contributed by atoms with Crippen molar-refractivity contribution in [1.29, 1.82) is 0 Å². The summed E-state index contributed by atoms with van der Waals surface area (Å²) in [6, 6.07) is 0.579. The molecule has 0 amide bonds. The third kappa shape index (κ3) is 4.84. The zero-order chi connectivity index (χ0) is 12.0. The Morgan fingerprint density at radius 3 is 2.56 bits per heavy atom. The lowest BCUT2D eigenvalue weighted by atomic mass is 9.82. The average molecular weight is 227 g/mol. The molecule has 0 spiro atoms. The van der Waals surface area contributed by atoms with Gasteiger partial charge in [0, 0.05) is 12.6 Å². The van der Waals surface area contributed by atoms with E-state index in [9.17, 15) is 0 Å². The first-order valence-corrected chi connectivity index (χ1v) is 6.89. The van der Waals surface area contributed by atoms with E-state index in [1.54, 1.807) is 0 Å². The summed E-state index contributed by atoms with van der Waals surface area (Å²) in [4.78, 5) is 0. The number of hydrogen-bond acceptors (Lipinski definition) is 2. The predicted octanol–water partition coefficient (Wildman–Crippen LogP) is 3.36. The van der Waals surface area contributed by atoms with Crippen LogP contribution in [0.3, 0.4) is 0 Å². The van der Waals surface area contributed by atoms with E-state index < -0.39 is 0 Å². The van der Waals surface area contributed by atoms with Crippen molar-refractivity contribution < 1.29 is 4.74 Å². The summed E-state index contributed by atoms with van der Waals surface area (Å²) in [7, 11) is 0. The maximum absolute atomic E-state index is 5.84. The highest BCUT2D eigenvalue weighted by molar-refractivity contribution is 4.83. The van der Waals surface area contributed by atoms with E-state index >= 15 is 0 Å². The topological polar surface area (TPSA) is 21.3 Å². The fraction of sp³-hybridized carbons (Fsp3) is 1.00. The number of ether oxygens (including phenoxy) is 1. The quantitative estimate of drug-likeness (QED) is 0.777. The summed E-state index contributed by atoms with van der Waals surface area (Å²) in [5, 5.41) is 3.68. The van der Waals surface area contributed by atoms with Gasteiger partial charge in [-0.05, 0) is 44.1 Å². The number of nitrogens with one attached hydrogen (secondary N) is 1. The summed E-state index contributed by atoms with van der Waals surface area (Å²) in [6.07, 6.45) is 6.71. The summed E-state index contributed by atoms with van der Waals surface area (Å²) >= 11 is 0. The molecule has 2 atom stereocenters. The van der Waals surface area contributed by atoms with Gasteiger partial charge in [0.05, 0.1) is 6.10 Å². The zero-order valence-electron chi connectivity index (χ0n) is 11.5. The molecule has 2 heteroatoms. The van der Waals surface area contributed by atoms with Crippen molar-refractivity contribution in [2.75, 3.05) is 13.2 Å². The highest BCUT2D eigenvalue weighted by Crippen LogP contribution is 2.26. The SMILES string of the molecule is CCCNC(CC1CCCCO1)C(C)(C)C. The molecule has 16 heavy (non-hydrogen) atoms. The van der Waals surface area contributed by atoms with E-state index in [0.29, 0.717) is 17.6 Å². The fourth-order valence-electron chi connectivity index (χ4n) is 2.32. The molecule has 0 radical (unpaired) electrons. The minimum absolute atomic E-state index is 0.329. The van der Waals surface area contributed by atoms with Crippen LogP contribution in [0, 0.1) is 5.41 Å². The van der Waals surface area contributed by atoms with Crippen molar-refractivity contribution in [3.05, 3.63) is 0 Å². The van der Waals surface area contributed by atoms with Crippen LogP contribution in [0.2, 0.25) is 0 Å². The van der Waals surface area contributed by atoms with Crippen molar-refractivity contribution >= 4 is 0 Å². The predicted molar refractivity (Wildman–Crippen MR) is 69.7 cm³/mol. The lowest BCUT2D eigenvalue weighted by molar-refractivity contribution is -0.00303. The van der Waals surface area contributed by atoms with Crippen LogP contribution in [0.5, 0.6) is 0 Å². The van der Waals surface area contributed by atoms with Gasteiger partial charge in [-0.1, -0.05) is 27.7 Å². The van der Waals surface area contributed by atoms with Crippen molar-refractivity contribution in [2.45, 2.75) is 71.9 Å². The van der Waals surface area contributed by atoms with E-state index in [1.165, 1.54) is 32.1 Å². The van der Waals surface area contributed by atoms with Gasteiger partial charge in [0.1, 0.15) is 0 Å². The summed E-state index contributed by atoms with van der Waals surface area (Å²) in [5.41, 5.74) is 0.329. The maximum Gasteiger partial charge on any atom is 0.0590 e. The molecule has 0 saturated carbocycles. The molecular weight excluding hydrogens is 198 g/mol. The second kappa shape index (κ2) is 6.61. The van der Waals surface area contributed by atoms with E-state index in [0.717, 1.165) is 13.2 Å². The Hall–Kier alpha value is -0.0800. The van der Waals surface area contributed by atoms with Crippen LogP contribution < -0.4 is 5.32 Å². The van der Waals surface area contributed by atoms with Gasteiger partial charge < -0.3 is 10.1 Å². The van der Waals surface area contributed by atoms with Crippen molar-refractivity contribution in [3.63, 3.8) is 0 Å². The first-order valence-electron chi connectivity index (χ1n) is 6.89. The van der Waals surface area contributed by atoms with E-state index in [4.69, 9.17) is 4.74 Å². The maximum atomic E-state index is 5.84. The minimum Gasteiger partial charge on any atom is -0.378 e. The van der Waals surface area contributed by atoms with Gasteiger partial charge in [-0.15, -0.1) is 0 Å². The van der Waals surface area contributed by atoms with Gasteiger partial charge in [-0.2, -0.15) is 0 Å². The molecule has 0 aromatic carbocycles. The zero-order valence-corrected chi connectivity index (χ0v) is 11.5. The molecule has 1 fully saturated rings. The van der Waals surface area contributed by atoms with E-state index in [1.807, 2.05) is 0 Å². The molecule has 0 bridgehead atoms. The minimum atomic E-state index is 0.329. The molecule has 1 rings (SSSR count). The van der Waals surface area contributed by atoms with Crippen molar-refractivity contribution in [2.24, 2.45) is 5.41 Å². The molecule has 1 aliphatic rings. The van der Waals surface area contributed by atoms with Crippen LogP contribution in [-0.2, 0) is 4.74 Å². The van der Waals surface area contributed by atoms with Gasteiger partial charge in [0.25, 0.3) is 0 Å². The van der Waals surface area contributed by atoms with E-state index in [-0.39, 0.29) is 0 Å². The molecule has 2 nitrogen and oxygen atoms in total. The van der Waals surface area contributed by atoms with Crippen LogP contribution in [0.25, 0.3) is 0 Å². The second-order valence-corrected chi connectivity index (χ2v) is 6.10. The molecule has 0 aliphatic carbocycles. The molecule has 1 heterocycles. The van der Waals surface area contributed by atoms with Gasteiger partial charge in [0.2, 0.25) is 0 Å². The normalized spacial score (nSPS) is 24.4. The van der Waals surface area contributed by atoms with Crippen LogP contribution in [0.15, 0.2) is 0 Å². The highest BCUT2D eigenvalue weighted by Gasteiger charge is 2.27. The average Bonchev–Trinajstić information content (AvgIpc) is 2.24. The largest absolute Gasteiger partial charge is 0.378 e. The molecule has 1 saturated heterocycles. The van der Waals surface area contributed by atoms with Crippen molar-refractivity contribution in [3.8, 4) is 0 Å². The van der Waals surface area contributed by atoms with E-state index in [2.05, 4.69) is 33.0 Å². The van der Waals surface area contributed by atoms with Crippen LogP contribution in [0.4, 0.5) is 0 Å². The fourth-order valence-corrected chi connectivity index (χ4v) is 2.32.